The molecule has 1 aliphatic heterocycles. The van der Waals surface area contributed by atoms with Crippen molar-refractivity contribution in [1.29, 1.82) is 0 Å². The van der Waals surface area contributed by atoms with Gasteiger partial charge in [-0.25, -0.2) is 0 Å². The molecule has 1 aliphatic carbocycles. The molecule has 3 heterocycles. The molecule has 2 nitrogen and oxygen atoms in total. The second kappa shape index (κ2) is 9.94. The second-order valence-corrected chi connectivity index (χ2v) is 15.9. The Bertz CT molecular complexity index is 2860. The van der Waals surface area contributed by atoms with Crippen LogP contribution in [-0.4, -0.2) is 9.13 Å². The maximum absolute atomic E-state index is 2.54. The predicted molar refractivity (Wildman–Crippen MR) is 207 cm³/mol. The average molecular weight is 663 g/mol. The Labute approximate surface area is 293 Å². The third kappa shape index (κ3) is 3.71. The molecule has 4 heteroatoms. The Morgan fingerprint density at radius 1 is 0.469 bits per heavy atom. The number of aromatic nitrogens is 2. The number of hydrogen-bond donors (Lipinski definition) is 0. The minimum Gasteiger partial charge on any atom is -0.309 e. The first-order chi connectivity index (χ1) is 24.1. The zero-order chi connectivity index (χ0) is 32.4. The van der Waals surface area contributed by atoms with E-state index in [0.717, 1.165) is 0 Å². The van der Waals surface area contributed by atoms with Crippen molar-refractivity contribution in [3.8, 4) is 22.5 Å². The van der Waals surface area contributed by atoms with Crippen LogP contribution in [0, 0.1) is 0 Å². The summed E-state index contributed by atoms with van der Waals surface area (Å²) in [6, 6.07) is 53.9. The number of hydrogen-bond acceptors (Lipinski definition) is 2. The molecule has 0 N–H and O–H groups in total. The molecule has 0 bridgehead atoms. The van der Waals surface area contributed by atoms with Crippen LogP contribution in [0.5, 0.6) is 0 Å². The van der Waals surface area contributed by atoms with Crippen LogP contribution in [0.3, 0.4) is 0 Å². The van der Waals surface area contributed by atoms with Gasteiger partial charge in [-0.3, -0.25) is 0 Å². The van der Waals surface area contributed by atoms with E-state index in [0.29, 0.717) is 0 Å². The van der Waals surface area contributed by atoms with E-state index in [1.165, 1.54) is 96.8 Å². The van der Waals surface area contributed by atoms with Crippen molar-refractivity contribution in [1.82, 2.24) is 9.13 Å². The number of nitrogens with zero attached hydrogens (tertiary/aromatic N) is 2. The van der Waals surface area contributed by atoms with E-state index in [1.54, 1.807) is 0 Å². The zero-order valence-electron chi connectivity index (χ0n) is 27.1. The van der Waals surface area contributed by atoms with E-state index >= 15 is 0 Å². The molecule has 2 aliphatic rings. The lowest BCUT2D eigenvalue weighted by Crippen LogP contribution is -2.17. The number of fused-ring (bicyclic) bond motifs is 13. The Balaban J connectivity index is 1.22. The van der Waals surface area contributed by atoms with Gasteiger partial charge in [0.25, 0.3) is 0 Å². The summed E-state index contributed by atoms with van der Waals surface area (Å²) >= 11 is 3.85. The predicted octanol–water partition coefficient (Wildman–Crippen LogP) is 12.8. The summed E-state index contributed by atoms with van der Waals surface area (Å²) in [6.45, 7) is 4.85. The van der Waals surface area contributed by atoms with Crippen molar-refractivity contribution in [3.63, 3.8) is 0 Å². The highest BCUT2D eigenvalue weighted by molar-refractivity contribution is 8.05. The van der Waals surface area contributed by atoms with Gasteiger partial charge in [0.2, 0.25) is 0 Å². The lowest BCUT2D eigenvalue weighted by Gasteiger charge is -2.28. The van der Waals surface area contributed by atoms with Crippen LogP contribution in [0.25, 0.3) is 66.1 Å². The summed E-state index contributed by atoms with van der Waals surface area (Å²) in [5, 5.41) is 5.12. The third-order valence-electron chi connectivity index (χ3n) is 10.7. The maximum Gasteiger partial charge on any atom is 0.0622 e. The van der Waals surface area contributed by atoms with Gasteiger partial charge in [0.1, 0.15) is 0 Å². The molecule has 0 spiro atoms. The van der Waals surface area contributed by atoms with Gasteiger partial charge in [0.05, 0.1) is 22.1 Å². The SMILES string of the molecule is CC1(C)c2ccc3c4ccccc4n(-c4ccc5c(c4)c4ccccc4n5-c4ccccc4)c3c2-c2ccc3c(c21)Sc1ccccc1S3. The highest BCUT2D eigenvalue weighted by Gasteiger charge is 2.41. The summed E-state index contributed by atoms with van der Waals surface area (Å²) in [7, 11) is 0. The van der Waals surface area contributed by atoms with E-state index in [9.17, 15) is 0 Å². The van der Waals surface area contributed by atoms with Crippen molar-refractivity contribution in [3.05, 3.63) is 157 Å². The first-order valence-electron chi connectivity index (χ1n) is 16.9. The van der Waals surface area contributed by atoms with E-state index < -0.39 is 0 Å². The second-order valence-electron chi connectivity index (χ2n) is 13.7. The number of rotatable bonds is 2. The van der Waals surface area contributed by atoms with Gasteiger partial charge < -0.3 is 9.13 Å². The van der Waals surface area contributed by atoms with Crippen LogP contribution in [0.4, 0.5) is 0 Å². The Morgan fingerprint density at radius 2 is 1.12 bits per heavy atom. The number of benzene rings is 7. The molecule has 0 fully saturated rings. The minimum atomic E-state index is -0.140. The monoisotopic (exact) mass is 662 g/mol. The average Bonchev–Trinajstić information content (AvgIpc) is 3.74. The van der Waals surface area contributed by atoms with Crippen molar-refractivity contribution >= 4 is 67.1 Å². The van der Waals surface area contributed by atoms with Gasteiger partial charge in [0.15, 0.2) is 0 Å². The molecule has 0 atom stereocenters. The van der Waals surface area contributed by atoms with Gasteiger partial charge in [-0.2, -0.15) is 0 Å². The Kier molecular flexibility index (Phi) is 5.63. The molecule has 49 heavy (non-hydrogen) atoms. The number of para-hydroxylation sites is 3. The molecule has 0 saturated heterocycles. The van der Waals surface area contributed by atoms with E-state index in [1.807, 2.05) is 23.5 Å². The van der Waals surface area contributed by atoms with Crippen LogP contribution in [0.2, 0.25) is 0 Å². The minimum absolute atomic E-state index is 0.140. The normalized spacial score (nSPS) is 14.3. The van der Waals surface area contributed by atoms with Gasteiger partial charge in [0, 0.05) is 63.5 Å². The quantitative estimate of drug-likeness (QED) is 0.182. The van der Waals surface area contributed by atoms with E-state index in [4.69, 9.17) is 0 Å². The maximum atomic E-state index is 2.54. The summed E-state index contributed by atoms with van der Waals surface area (Å²) in [5.41, 5.74) is 12.8. The molecular weight excluding hydrogens is 633 g/mol. The molecule has 0 radical (unpaired) electrons. The Morgan fingerprint density at radius 3 is 1.92 bits per heavy atom. The fourth-order valence-corrected chi connectivity index (χ4v) is 11.2. The van der Waals surface area contributed by atoms with Gasteiger partial charge in [-0.05, 0) is 77.4 Å². The smallest absolute Gasteiger partial charge is 0.0622 e. The van der Waals surface area contributed by atoms with Crippen molar-refractivity contribution in [2.24, 2.45) is 0 Å². The largest absolute Gasteiger partial charge is 0.309 e. The summed E-state index contributed by atoms with van der Waals surface area (Å²) < 4.78 is 4.94. The lowest BCUT2D eigenvalue weighted by atomic mass is 9.82. The van der Waals surface area contributed by atoms with Crippen LogP contribution < -0.4 is 0 Å². The highest BCUT2D eigenvalue weighted by atomic mass is 32.2. The summed E-state index contributed by atoms with van der Waals surface area (Å²) in [4.78, 5) is 5.47. The molecule has 0 amide bonds. The fourth-order valence-electron chi connectivity index (χ4n) is 8.63. The third-order valence-corrected chi connectivity index (χ3v) is 13.3. The van der Waals surface area contributed by atoms with Gasteiger partial charge >= 0.3 is 0 Å². The first-order valence-corrected chi connectivity index (χ1v) is 18.5. The molecule has 7 aromatic carbocycles. The molecule has 0 unspecified atom stereocenters. The molecule has 0 saturated carbocycles. The highest BCUT2D eigenvalue weighted by Crippen LogP contribution is 2.60. The fraction of sp³-hybridized carbons (Fsp3) is 0.0667. The molecule has 232 valence electrons. The standard InChI is InChI=1S/C45H30N2S2/c1-45(2)34-23-21-31-29-14-6-9-17-36(29)47(43(31)41(34)32-22-25-40-44(42(32)45)49-39-19-11-10-18-38(39)48-40)28-20-24-37-33(26-28)30-15-7-8-16-35(30)46(37)27-12-4-3-5-13-27/h3-26H,1-2H3. The lowest BCUT2D eigenvalue weighted by molar-refractivity contribution is 0.642. The summed E-state index contributed by atoms with van der Waals surface area (Å²) in [6.07, 6.45) is 0. The zero-order valence-corrected chi connectivity index (χ0v) is 28.7. The van der Waals surface area contributed by atoms with Crippen molar-refractivity contribution < 1.29 is 0 Å². The van der Waals surface area contributed by atoms with Crippen LogP contribution in [0.15, 0.2) is 165 Å². The molecular formula is C45H30N2S2. The van der Waals surface area contributed by atoms with E-state index in [2.05, 4.69) is 169 Å². The topological polar surface area (TPSA) is 9.86 Å². The van der Waals surface area contributed by atoms with Crippen LogP contribution in [0.1, 0.15) is 25.0 Å². The Hall–Kier alpha value is -5.16. The van der Waals surface area contributed by atoms with Gasteiger partial charge in [-0.1, -0.05) is 122 Å². The van der Waals surface area contributed by atoms with Crippen molar-refractivity contribution in [2.45, 2.75) is 38.8 Å². The molecule has 11 rings (SSSR count). The molecule has 9 aromatic rings. The first kappa shape index (κ1) is 27.8. The van der Waals surface area contributed by atoms with Crippen LogP contribution >= 0.6 is 23.5 Å². The molecule has 2 aromatic heterocycles. The van der Waals surface area contributed by atoms with E-state index in [-0.39, 0.29) is 5.41 Å². The van der Waals surface area contributed by atoms with Gasteiger partial charge in [-0.15, -0.1) is 0 Å². The van der Waals surface area contributed by atoms with Crippen molar-refractivity contribution in [2.75, 3.05) is 0 Å². The summed E-state index contributed by atoms with van der Waals surface area (Å²) in [5.74, 6) is 0. The van der Waals surface area contributed by atoms with Crippen LogP contribution in [-0.2, 0) is 5.41 Å².